The third-order valence-corrected chi connectivity index (χ3v) is 4.52. The SMILES string of the molecule is COc1cc(C(C)=O)ccc1OCCCC(=O)N[C@H]1CC[C@@H](C(=O)O)C1. The maximum absolute atomic E-state index is 12.0. The Hall–Kier alpha value is -2.57. The lowest BCUT2D eigenvalue weighted by Gasteiger charge is -2.13. The Morgan fingerprint density at radius 3 is 2.62 bits per heavy atom. The van der Waals surface area contributed by atoms with Crippen LogP contribution in [-0.2, 0) is 9.59 Å². The number of aliphatic carboxylic acids is 1. The average Bonchev–Trinajstić information content (AvgIpc) is 3.07. The zero-order chi connectivity index (χ0) is 19.1. The highest BCUT2D eigenvalue weighted by atomic mass is 16.5. The minimum atomic E-state index is -0.792. The second-order valence-corrected chi connectivity index (χ2v) is 6.49. The van der Waals surface area contributed by atoms with E-state index in [1.807, 2.05) is 0 Å². The quantitative estimate of drug-likeness (QED) is 0.516. The van der Waals surface area contributed by atoms with Crippen LogP contribution in [0.3, 0.4) is 0 Å². The molecule has 1 aliphatic carbocycles. The van der Waals surface area contributed by atoms with Gasteiger partial charge in [-0.15, -0.1) is 0 Å². The van der Waals surface area contributed by atoms with Gasteiger partial charge in [0.05, 0.1) is 19.6 Å². The van der Waals surface area contributed by atoms with Crippen molar-refractivity contribution in [3.05, 3.63) is 23.8 Å². The molecule has 7 heteroatoms. The van der Waals surface area contributed by atoms with Gasteiger partial charge in [0.1, 0.15) is 0 Å². The number of methoxy groups -OCH3 is 1. The van der Waals surface area contributed by atoms with Crippen LogP contribution in [0.5, 0.6) is 11.5 Å². The summed E-state index contributed by atoms with van der Waals surface area (Å²) in [4.78, 5) is 34.3. The van der Waals surface area contributed by atoms with Gasteiger partial charge in [0.25, 0.3) is 0 Å². The molecule has 0 saturated heterocycles. The molecule has 142 valence electrons. The topological polar surface area (TPSA) is 102 Å². The van der Waals surface area contributed by atoms with Crippen LogP contribution in [-0.4, -0.2) is 42.5 Å². The van der Waals surface area contributed by atoms with Gasteiger partial charge in [-0.3, -0.25) is 14.4 Å². The Bertz CT molecular complexity index is 672. The Morgan fingerprint density at radius 1 is 1.23 bits per heavy atom. The fraction of sp³-hybridized carbons (Fsp3) is 0.526. The maximum Gasteiger partial charge on any atom is 0.306 e. The second kappa shape index (κ2) is 9.22. The Kier molecular flexibility index (Phi) is 7.00. The van der Waals surface area contributed by atoms with Crippen LogP contribution in [0.2, 0.25) is 0 Å². The number of carbonyl (C=O) groups is 3. The van der Waals surface area contributed by atoms with Crippen molar-refractivity contribution >= 4 is 17.7 Å². The van der Waals surface area contributed by atoms with Crippen LogP contribution in [0, 0.1) is 5.92 Å². The van der Waals surface area contributed by atoms with Gasteiger partial charge < -0.3 is 19.9 Å². The zero-order valence-electron chi connectivity index (χ0n) is 15.1. The van der Waals surface area contributed by atoms with E-state index < -0.39 is 5.97 Å². The van der Waals surface area contributed by atoms with Crippen molar-refractivity contribution in [3.8, 4) is 11.5 Å². The summed E-state index contributed by atoms with van der Waals surface area (Å²) >= 11 is 0. The van der Waals surface area contributed by atoms with Crippen molar-refractivity contribution in [3.63, 3.8) is 0 Å². The van der Waals surface area contributed by atoms with Gasteiger partial charge in [0, 0.05) is 18.0 Å². The normalized spacial score (nSPS) is 19.0. The van der Waals surface area contributed by atoms with Crippen LogP contribution in [0.4, 0.5) is 0 Å². The number of hydrogen-bond donors (Lipinski definition) is 2. The minimum Gasteiger partial charge on any atom is -0.493 e. The molecule has 1 aromatic carbocycles. The second-order valence-electron chi connectivity index (χ2n) is 6.49. The molecular formula is C19H25NO6. The minimum absolute atomic E-state index is 0.0521. The predicted octanol–water partition coefficient (Wildman–Crippen LogP) is 2.43. The first-order valence-electron chi connectivity index (χ1n) is 8.74. The number of benzene rings is 1. The number of Topliss-reactive ketones (excluding diaryl/α,β-unsaturated/α-hetero) is 1. The summed E-state index contributed by atoms with van der Waals surface area (Å²) in [7, 11) is 1.51. The summed E-state index contributed by atoms with van der Waals surface area (Å²) in [5.41, 5.74) is 0.546. The number of ketones is 1. The van der Waals surface area contributed by atoms with Crippen molar-refractivity contribution in [2.45, 2.75) is 45.1 Å². The summed E-state index contributed by atoms with van der Waals surface area (Å²) < 4.78 is 10.9. The summed E-state index contributed by atoms with van der Waals surface area (Å²) in [6.07, 6.45) is 2.65. The van der Waals surface area contributed by atoms with E-state index in [1.54, 1.807) is 18.2 Å². The molecule has 2 atom stereocenters. The summed E-state index contributed by atoms with van der Waals surface area (Å²) in [5, 5.41) is 11.9. The lowest BCUT2D eigenvalue weighted by molar-refractivity contribution is -0.141. The summed E-state index contributed by atoms with van der Waals surface area (Å²) in [6.45, 7) is 1.82. The predicted molar refractivity (Wildman–Crippen MR) is 94.6 cm³/mol. The Morgan fingerprint density at radius 2 is 2.00 bits per heavy atom. The zero-order valence-corrected chi connectivity index (χ0v) is 15.1. The number of rotatable bonds is 9. The molecule has 0 heterocycles. The van der Waals surface area contributed by atoms with Gasteiger partial charge in [0.15, 0.2) is 17.3 Å². The van der Waals surface area contributed by atoms with Gasteiger partial charge in [-0.25, -0.2) is 0 Å². The van der Waals surface area contributed by atoms with E-state index in [2.05, 4.69) is 5.32 Å². The van der Waals surface area contributed by atoms with Crippen molar-refractivity contribution in [2.24, 2.45) is 5.92 Å². The van der Waals surface area contributed by atoms with Gasteiger partial charge in [0.2, 0.25) is 5.91 Å². The van der Waals surface area contributed by atoms with E-state index in [-0.39, 0.29) is 23.7 Å². The van der Waals surface area contributed by atoms with Crippen LogP contribution in [0.25, 0.3) is 0 Å². The lowest BCUT2D eigenvalue weighted by atomic mass is 10.1. The molecular weight excluding hydrogens is 338 g/mol. The fourth-order valence-corrected chi connectivity index (χ4v) is 3.06. The van der Waals surface area contributed by atoms with Crippen molar-refractivity contribution in [2.75, 3.05) is 13.7 Å². The van der Waals surface area contributed by atoms with Crippen molar-refractivity contribution in [1.82, 2.24) is 5.32 Å². The molecule has 1 saturated carbocycles. The van der Waals surface area contributed by atoms with Gasteiger partial charge in [-0.05, 0) is 50.8 Å². The molecule has 0 aromatic heterocycles. The fourth-order valence-electron chi connectivity index (χ4n) is 3.06. The monoisotopic (exact) mass is 363 g/mol. The molecule has 0 radical (unpaired) electrons. The highest BCUT2D eigenvalue weighted by Gasteiger charge is 2.30. The molecule has 26 heavy (non-hydrogen) atoms. The van der Waals surface area contributed by atoms with Gasteiger partial charge in [-0.2, -0.15) is 0 Å². The first-order chi connectivity index (χ1) is 12.4. The van der Waals surface area contributed by atoms with Gasteiger partial charge >= 0.3 is 5.97 Å². The van der Waals surface area contributed by atoms with Gasteiger partial charge in [-0.1, -0.05) is 0 Å². The Balaban J connectivity index is 1.72. The number of ether oxygens (including phenoxy) is 2. The number of nitrogens with one attached hydrogen (secondary N) is 1. The smallest absolute Gasteiger partial charge is 0.306 e. The third-order valence-electron chi connectivity index (χ3n) is 4.52. The largest absolute Gasteiger partial charge is 0.493 e. The molecule has 1 amide bonds. The standard InChI is InChI=1S/C19H25NO6/c1-12(21)13-6-8-16(17(11-13)25-2)26-9-3-4-18(22)20-15-7-5-14(10-15)19(23)24/h6,8,11,14-15H,3-5,7,9-10H2,1-2H3,(H,20,22)(H,23,24)/t14-,15+/m1/s1. The molecule has 1 aliphatic rings. The molecule has 0 aliphatic heterocycles. The number of carboxylic acids is 1. The average molecular weight is 363 g/mol. The maximum atomic E-state index is 12.0. The van der Waals surface area contributed by atoms with Crippen molar-refractivity contribution in [1.29, 1.82) is 0 Å². The van der Waals surface area contributed by atoms with E-state index in [1.165, 1.54) is 14.0 Å². The number of carbonyl (C=O) groups excluding carboxylic acids is 2. The molecule has 0 bridgehead atoms. The third kappa shape index (κ3) is 5.47. The van der Waals surface area contributed by atoms with Crippen molar-refractivity contribution < 1.29 is 29.0 Å². The van der Waals surface area contributed by atoms with E-state index in [0.717, 1.165) is 0 Å². The van der Waals surface area contributed by atoms with E-state index >= 15 is 0 Å². The first kappa shape index (κ1) is 19.8. The van der Waals surface area contributed by atoms with E-state index in [0.29, 0.717) is 55.8 Å². The molecule has 2 N–H and O–H groups in total. The number of carboxylic acid groups (broad SMARTS) is 1. The Labute approximate surface area is 152 Å². The molecule has 7 nitrogen and oxygen atoms in total. The summed E-state index contributed by atoms with van der Waals surface area (Å²) in [5.74, 6) is -0.285. The van der Waals surface area contributed by atoms with Crippen LogP contribution in [0.15, 0.2) is 18.2 Å². The molecule has 1 fully saturated rings. The number of amides is 1. The highest BCUT2D eigenvalue weighted by molar-refractivity contribution is 5.94. The first-order valence-corrected chi connectivity index (χ1v) is 8.74. The molecule has 0 unspecified atom stereocenters. The lowest BCUT2D eigenvalue weighted by Crippen LogP contribution is -2.33. The van der Waals surface area contributed by atoms with Crippen LogP contribution < -0.4 is 14.8 Å². The highest BCUT2D eigenvalue weighted by Crippen LogP contribution is 2.28. The molecule has 0 spiro atoms. The molecule has 1 aromatic rings. The summed E-state index contributed by atoms with van der Waals surface area (Å²) in [6, 6.07) is 4.93. The van der Waals surface area contributed by atoms with Crippen LogP contribution >= 0.6 is 0 Å². The van der Waals surface area contributed by atoms with E-state index in [4.69, 9.17) is 14.6 Å². The van der Waals surface area contributed by atoms with E-state index in [9.17, 15) is 14.4 Å². The molecule has 2 rings (SSSR count). The van der Waals surface area contributed by atoms with Crippen LogP contribution in [0.1, 0.15) is 49.4 Å². The number of hydrogen-bond acceptors (Lipinski definition) is 5.